The van der Waals surface area contributed by atoms with Crippen molar-refractivity contribution >= 4 is 11.8 Å². The summed E-state index contributed by atoms with van der Waals surface area (Å²) in [6.45, 7) is 1.84. The lowest BCUT2D eigenvalue weighted by molar-refractivity contribution is 0.351. The lowest BCUT2D eigenvalue weighted by atomic mass is 10.1. The molecule has 0 aliphatic carbocycles. The fourth-order valence-electron chi connectivity index (χ4n) is 3.08. The molecule has 0 fully saturated rings. The number of nitrogens with zero attached hydrogens (tertiary/aromatic N) is 2. The van der Waals surface area contributed by atoms with Crippen molar-refractivity contribution in [2.24, 2.45) is 14.1 Å². The first-order valence-corrected chi connectivity index (χ1v) is 10.7. The van der Waals surface area contributed by atoms with Crippen molar-refractivity contribution in [3.8, 4) is 29.4 Å². The predicted molar refractivity (Wildman–Crippen MR) is 125 cm³/mol. The number of benzene rings is 2. The molecule has 0 spiro atoms. The zero-order valence-electron chi connectivity index (χ0n) is 17.6. The van der Waals surface area contributed by atoms with Crippen LogP contribution >= 0.6 is 11.8 Å². The summed E-state index contributed by atoms with van der Waals surface area (Å²) >= 11 is 1.61. The molecule has 0 bridgehead atoms. The van der Waals surface area contributed by atoms with Gasteiger partial charge < -0.3 is 9.13 Å². The van der Waals surface area contributed by atoms with Gasteiger partial charge in [-0.1, -0.05) is 23.6 Å². The molecule has 0 aliphatic rings. The zero-order chi connectivity index (χ0) is 21.8. The van der Waals surface area contributed by atoms with Crippen molar-refractivity contribution < 1.29 is 5.11 Å². The van der Waals surface area contributed by atoms with E-state index in [1.807, 2.05) is 85.0 Å². The Morgan fingerprint density at radius 1 is 0.710 bits per heavy atom. The Kier molecular flexibility index (Phi) is 5.94. The van der Waals surface area contributed by atoms with Crippen LogP contribution in [-0.4, -0.2) is 9.13 Å². The highest BCUT2D eigenvalue weighted by Gasteiger charge is 2.05. The summed E-state index contributed by atoms with van der Waals surface area (Å²) in [5.74, 6) is 13.1. The summed E-state index contributed by atoms with van der Waals surface area (Å²) in [4.78, 5) is 2.05. The molecule has 4 aromatic rings. The Bertz CT molecular complexity index is 1290. The summed E-state index contributed by atoms with van der Waals surface area (Å²) < 4.78 is 3.99. The Morgan fingerprint density at radius 2 is 1.29 bits per heavy atom. The normalized spacial score (nSPS) is 10.2. The fraction of sp³-hybridized carbons (Fsp3) is 0.111. The third-order valence-corrected chi connectivity index (χ3v) is 5.81. The van der Waals surface area contributed by atoms with Gasteiger partial charge in [0, 0.05) is 47.4 Å². The van der Waals surface area contributed by atoms with Crippen LogP contribution in [0.4, 0.5) is 0 Å². The summed E-state index contributed by atoms with van der Waals surface area (Å²) in [5.41, 5.74) is 4.46. The lowest BCUT2D eigenvalue weighted by Crippen LogP contribution is -1.89. The minimum absolute atomic E-state index is 0.0562. The van der Waals surface area contributed by atoms with E-state index in [4.69, 9.17) is 0 Å². The van der Waals surface area contributed by atoms with Gasteiger partial charge in [-0.3, -0.25) is 5.11 Å². The van der Waals surface area contributed by atoms with Gasteiger partial charge >= 0.3 is 0 Å². The molecule has 2 aromatic heterocycles. The highest BCUT2D eigenvalue weighted by atomic mass is 32.2. The van der Waals surface area contributed by atoms with Crippen LogP contribution in [0.1, 0.15) is 28.1 Å². The minimum Gasteiger partial charge on any atom is -0.344 e. The van der Waals surface area contributed by atoms with Crippen LogP contribution in [0.3, 0.4) is 0 Å². The maximum atomic E-state index is 11.7. The Morgan fingerprint density at radius 3 is 1.77 bits per heavy atom. The van der Waals surface area contributed by atoms with E-state index in [9.17, 15) is 5.11 Å². The number of aromatic nitrogens is 2. The molecule has 0 unspecified atom stereocenters. The van der Waals surface area contributed by atoms with E-state index >= 15 is 0 Å². The quantitative estimate of drug-likeness (QED) is 0.378. The molecule has 0 saturated heterocycles. The lowest BCUT2D eigenvalue weighted by Gasteiger charge is -2.05. The van der Waals surface area contributed by atoms with Crippen LogP contribution in [0.5, 0.6) is 5.75 Å². The Labute approximate surface area is 187 Å². The summed E-state index contributed by atoms with van der Waals surface area (Å²) in [6, 6.07) is 19.5. The summed E-state index contributed by atoms with van der Waals surface area (Å²) in [6.07, 6.45) is 3.96. The van der Waals surface area contributed by atoms with Gasteiger partial charge in [0.1, 0.15) is 0 Å². The number of hydrogen-bond donors (Lipinski definition) is 0. The second kappa shape index (κ2) is 8.96. The van der Waals surface area contributed by atoms with E-state index in [1.165, 1.54) is 0 Å². The third kappa shape index (κ3) is 5.07. The van der Waals surface area contributed by atoms with E-state index in [0.29, 0.717) is 0 Å². The molecule has 0 atom stereocenters. The van der Waals surface area contributed by atoms with Crippen LogP contribution in [0.2, 0.25) is 0 Å². The van der Waals surface area contributed by atoms with Crippen LogP contribution in [0, 0.1) is 30.6 Å². The number of rotatable bonds is 2. The van der Waals surface area contributed by atoms with Crippen molar-refractivity contribution in [2.45, 2.75) is 16.7 Å². The average molecular weight is 422 g/mol. The van der Waals surface area contributed by atoms with Crippen LogP contribution in [-0.2, 0) is 19.2 Å². The molecule has 2 heterocycles. The van der Waals surface area contributed by atoms with Gasteiger partial charge in [0.15, 0.2) is 5.75 Å². The van der Waals surface area contributed by atoms with Crippen LogP contribution in [0.15, 0.2) is 82.8 Å². The minimum atomic E-state index is 0.0562. The molecule has 4 rings (SSSR count). The van der Waals surface area contributed by atoms with Crippen molar-refractivity contribution in [2.75, 3.05) is 0 Å². The molecule has 1 radical (unpaired) electrons. The highest BCUT2D eigenvalue weighted by Crippen LogP contribution is 2.32. The van der Waals surface area contributed by atoms with Crippen LogP contribution in [0.25, 0.3) is 0 Å². The molecule has 0 saturated carbocycles. The maximum absolute atomic E-state index is 11.7. The molecule has 151 valence electrons. The van der Waals surface area contributed by atoms with E-state index in [-0.39, 0.29) is 5.75 Å². The van der Waals surface area contributed by atoms with E-state index in [2.05, 4.69) is 35.8 Å². The Balaban J connectivity index is 1.72. The average Bonchev–Trinajstić information content (AvgIpc) is 3.35. The monoisotopic (exact) mass is 421 g/mol. The SMILES string of the molecule is Cc1cc(Sc2cc(C#Cc3cccn3C)cc(C#Cc3cccn3C)c2)ccc1[O]. The molecule has 2 aromatic carbocycles. The Hall–Kier alpha value is -3.73. The second-order valence-corrected chi connectivity index (χ2v) is 8.43. The molecule has 3 nitrogen and oxygen atoms in total. The zero-order valence-corrected chi connectivity index (χ0v) is 18.5. The molecular formula is C27H21N2OS. The van der Waals surface area contributed by atoms with Crippen molar-refractivity contribution in [3.05, 3.63) is 101 Å². The summed E-state index contributed by atoms with van der Waals surface area (Å²) in [5, 5.41) is 11.7. The van der Waals surface area contributed by atoms with Gasteiger partial charge in [0.2, 0.25) is 0 Å². The van der Waals surface area contributed by atoms with Gasteiger partial charge in [-0.25, -0.2) is 0 Å². The number of aryl methyl sites for hydroxylation is 3. The first-order chi connectivity index (χ1) is 15.0. The molecule has 0 aliphatic heterocycles. The maximum Gasteiger partial charge on any atom is 0.181 e. The first-order valence-electron chi connectivity index (χ1n) is 9.85. The fourth-order valence-corrected chi connectivity index (χ4v) is 4.09. The van der Waals surface area contributed by atoms with Gasteiger partial charge in [-0.15, -0.1) is 0 Å². The second-order valence-electron chi connectivity index (χ2n) is 7.28. The van der Waals surface area contributed by atoms with Gasteiger partial charge in [-0.2, -0.15) is 0 Å². The largest absolute Gasteiger partial charge is 0.344 e. The van der Waals surface area contributed by atoms with Crippen molar-refractivity contribution in [1.82, 2.24) is 9.13 Å². The molecule has 4 heteroatoms. The molecular weight excluding hydrogens is 400 g/mol. The number of hydrogen-bond acceptors (Lipinski definition) is 1. The standard InChI is InChI=1S/C27H21N2OS/c1-20-16-25(12-13-27(20)30)31-26-18-21(8-10-23-6-4-14-28(23)2)17-22(19-26)9-11-24-7-5-15-29(24)3/h4-7,12-19H,1-3H3. The molecule has 31 heavy (non-hydrogen) atoms. The summed E-state index contributed by atoms with van der Waals surface area (Å²) in [7, 11) is 3.96. The van der Waals surface area contributed by atoms with Gasteiger partial charge in [0.05, 0.1) is 11.4 Å². The molecule has 0 N–H and O–H groups in total. The highest BCUT2D eigenvalue weighted by molar-refractivity contribution is 7.99. The van der Waals surface area contributed by atoms with Gasteiger partial charge in [-0.05, 0) is 85.0 Å². The van der Waals surface area contributed by atoms with Crippen molar-refractivity contribution in [1.29, 1.82) is 0 Å². The molecule has 0 amide bonds. The van der Waals surface area contributed by atoms with Crippen LogP contribution < -0.4 is 0 Å². The van der Waals surface area contributed by atoms with Gasteiger partial charge in [0.25, 0.3) is 0 Å². The van der Waals surface area contributed by atoms with E-state index < -0.39 is 0 Å². The smallest absolute Gasteiger partial charge is 0.181 e. The predicted octanol–water partition coefficient (Wildman–Crippen LogP) is 5.77. The van der Waals surface area contributed by atoms with Crippen molar-refractivity contribution in [3.63, 3.8) is 0 Å². The van der Waals surface area contributed by atoms with E-state index in [0.717, 1.165) is 37.9 Å². The third-order valence-electron chi connectivity index (χ3n) is 4.85. The topological polar surface area (TPSA) is 29.8 Å². The van der Waals surface area contributed by atoms with E-state index in [1.54, 1.807) is 17.8 Å². The first kappa shape index (κ1) is 20.5.